The summed E-state index contributed by atoms with van der Waals surface area (Å²) in [6, 6.07) is 0. The highest BCUT2D eigenvalue weighted by molar-refractivity contribution is 5.68. The molecule has 1 saturated heterocycles. The van der Waals surface area contributed by atoms with Crippen molar-refractivity contribution in [1.82, 2.24) is 4.90 Å². The SMILES string of the molecule is C=CCOC(=O)N1CC[C@@H](CCC(=O)O)[C@@H](O)C1. The summed E-state index contributed by atoms with van der Waals surface area (Å²) in [6.07, 6.45) is 1.40. The number of hydrogen-bond donors (Lipinski definition) is 2. The van der Waals surface area contributed by atoms with E-state index in [-0.39, 0.29) is 25.5 Å². The summed E-state index contributed by atoms with van der Waals surface area (Å²) in [4.78, 5) is 23.4. The predicted octanol–water partition coefficient (Wildman–Crippen LogP) is 0.857. The van der Waals surface area contributed by atoms with Crippen LogP contribution in [0, 0.1) is 5.92 Å². The Bertz CT molecular complexity index is 318. The lowest BCUT2D eigenvalue weighted by Gasteiger charge is -2.35. The average molecular weight is 257 g/mol. The summed E-state index contributed by atoms with van der Waals surface area (Å²) in [5, 5.41) is 18.5. The van der Waals surface area contributed by atoms with Gasteiger partial charge in [0.25, 0.3) is 0 Å². The fourth-order valence-corrected chi connectivity index (χ4v) is 2.01. The van der Waals surface area contributed by atoms with Crippen LogP contribution in [0.25, 0.3) is 0 Å². The molecule has 0 aromatic carbocycles. The van der Waals surface area contributed by atoms with Crippen molar-refractivity contribution in [3.63, 3.8) is 0 Å². The Morgan fingerprint density at radius 1 is 1.50 bits per heavy atom. The van der Waals surface area contributed by atoms with Gasteiger partial charge < -0.3 is 19.8 Å². The molecule has 0 aliphatic carbocycles. The number of carbonyl (C=O) groups is 2. The number of carbonyl (C=O) groups excluding carboxylic acids is 1. The van der Waals surface area contributed by atoms with Crippen molar-refractivity contribution in [3.05, 3.63) is 12.7 Å². The Balaban J connectivity index is 2.37. The largest absolute Gasteiger partial charge is 0.481 e. The lowest BCUT2D eigenvalue weighted by atomic mass is 9.90. The van der Waals surface area contributed by atoms with Crippen LogP contribution in [0.4, 0.5) is 4.79 Å². The maximum Gasteiger partial charge on any atom is 0.410 e. The number of aliphatic hydroxyl groups excluding tert-OH is 1. The van der Waals surface area contributed by atoms with Gasteiger partial charge >= 0.3 is 12.1 Å². The van der Waals surface area contributed by atoms with E-state index in [1.807, 2.05) is 0 Å². The van der Waals surface area contributed by atoms with E-state index in [1.165, 1.54) is 11.0 Å². The lowest BCUT2D eigenvalue weighted by molar-refractivity contribution is -0.137. The first-order valence-electron chi connectivity index (χ1n) is 5.97. The van der Waals surface area contributed by atoms with Crippen molar-refractivity contribution >= 4 is 12.1 Å². The third kappa shape index (κ3) is 4.37. The smallest absolute Gasteiger partial charge is 0.410 e. The maximum atomic E-state index is 11.5. The van der Waals surface area contributed by atoms with Crippen molar-refractivity contribution in [3.8, 4) is 0 Å². The third-order valence-corrected chi connectivity index (χ3v) is 3.03. The number of ether oxygens (including phenoxy) is 1. The fourth-order valence-electron chi connectivity index (χ4n) is 2.01. The number of carboxylic acids is 1. The summed E-state index contributed by atoms with van der Waals surface area (Å²) < 4.78 is 4.88. The standard InChI is InChI=1S/C12H19NO5/c1-2-7-18-12(17)13-6-5-9(10(14)8-13)3-4-11(15)16/h2,9-10,14H,1,3-8H2,(H,15,16)/t9-,10+/m1/s1. The van der Waals surface area contributed by atoms with Gasteiger partial charge in [0.2, 0.25) is 0 Å². The quantitative estimate of drug-likeness (QED) is 0.713. The lowest BCUT2D eigenvalue weighted by Crippen LogP contribution is -2.46. The van der Waals surface area contributed by atoms with Crippen molar-refractivity contribution in [2.75, 3.05) is 19.7 Å². The van der Waals surface area contributed by atoms with E-state index >= 15 is 0 Å². The molecule has 0 radical (unpaired) electrons. The summed E-state index contributed by atoms with van der Waals surface area (Å²) in [5.41, 5.74) is 0. The second-order valence-electron chi connectivity index (χ2n) is 4.36. The first-order chi connectivity index (χ1) is 8.54. The Kier molecular flexibility index (Phi) is 5.64. The van der Waals surface area contributed by atoms with Gasteiger partial charge in [-0.25, -0.2) is 4.79 Å². The highest BCUT2D eigenvalue weighted by atomic mass is 16.6. The number of nitrogens with zero attached hydrogens (tertiary/aromatic N) is 1. The number of likely N-dealkylation sites (tertiary alicyclic amines) is 1. The molecule has 0 unspecified atom stereocenters. The van der Waals surface area contributed by atoms with Crippen LogP contribution in [0.3, 0.4) is 0 Å². The summed E-state index contributed by atoms with van der Waals surface area (Å²) >= 11 is 0. The van der Waals surface area contributed by atoms with E-state index in [0.717, 1.165) is 0 Å². The van der Waals surface area contributed by atoms with E-state index in [1.54, 1.807) is 0 Å². The third-order valence-electron chi connectivity index (χ3n) is 3.03. The zero-order chi connectivity index (χ0) is 13.5. The van der Waals surface area contributed by atoms with E-state index in [4.69, 9.17) is 9.84 Å². The average Bonchev–Trinajstić information content (AvgIpc) is 2.34. The number of aliphatic hydroxyl groups is 1. The normalized spacial score (nSPS) is 23.5. The highest BCUT2D eigenvalue weighted by Crippen LogP contribution is 2.22. The maximum absolute atomic E-state index is 11.5. The second-order valence-corrected chi connectivity index (χ2v) is 4.36. The van der Waals surface area contributed by atoms with Crippen molar-refractivity contribution < 1.29 is 24.5 Å². The highest BCUT2D eigenvalue weighted by Gasteiger charge is 2.30. The molecule has 6 nitrogen and oxygen atoms in total. The van der Waals surface area contributed by atoms with Gasteiger partial charge in [-0.1, -0.05) is 12.7 Å². The van der Waals surface area contributed by atoms with Gasteiger partial charge in [-0.2, -0.15) is 0 Å². The van der Waals surface area contributed by atoms with Gasteiger partial charge in [-0.05, 0) is 18.8 Å². The molecule has 6 heteroatoms. The Labute approximate surface area is 106 Å². The molecule has 1 aliphatic heterocycles. The van der Waals surface area contributed by atoms with Crippen LogP contribution in [-0.4, -0.2) is 53.0 Å². The summed E-state index contributed by atoms with van der Waals surface area (Å²) in [5.74, 6) is -0.931. The molecule has 0 spiro atoms. The molecule has 2 atom stereocenters. The van der Waals surface area contributed by atoms with Crippen LogP contribution in [0.2, 0.25) is 0 Å². The Morgan fingerprint density at radius 3 is 2.78 bits per heavy atom. The molecule has 0 saturated carbocycles. The molecular formula is C12H19NO5. The molecule has 0 bridgehead atoms. The number of piperidine rings is 1. The monoisotopic (exact) mass is 257 g/mol. The Hall–Kier alpha value is -1.56. The number of hydrogen-bond acceptors (Lipinski definition) is 4. The van der Waals surface area contributed by atoms with Crippen LogP contribution in [0.1, 0.15) is 19.3 Å². The molecule has 2 N–H and O–H groups in total. The number of carboxylic acid groups (broad SMARTS) is 1. The molecule has 102 valence electrons. The molecule has 18 heavy (non-hydrogen) atoms. The van der Waals surface area contributed by atoms with Gasteiger partial charge in [0, 0.05) is 13.0 Å². The summed E-state index contributed by atoms with van der Waals surface area (Å²) in [7, 11) is 0. The molecule has 0 aromatic rings. The van der Waals surface area contributed by atoms with E-state index in [2.05, 4.69) is 6.58 Å². The fraction of sp³-hybridized carbons (Fsp3) is 0.667. The minimum atomic E-state index is -0.866. The van der Waals surface area contributed by atoms with Gasteiger partial charge in [0.05, 0.1) is 12.6 Å². The minimum absolute atomic E-state index is 0.0443. The number of β-amino-alcohol motifs (C(OH)–C–C–N with tert-alkyl or cyclic N) is 1. The molecule has 1 rings (SSSR count). The zero-order valence-corrected chi connectivity index (χ0v) is 10.2. The first-order valence-corrected chi connectivity index (χ1v) is 5.97. The van der Waals surface area contributed by atoms with Crippen molar-refractivity contribution in [2.45, 2.75) is 25.4 Å². The van der Waals surface area contributed by atoms with Gasteiger partial charge in [-0.3, -0.25) is 4.79 Å². The van der Waals surface area contributed by atoms with Crippen molar-refractivity contribution in [1.29, 1.82) is 0 Å². The first kappa shape index (κ1) is 14.5. The minimum Gasteiger partial charge on any atom is -0.481 e. The van der Waals surface area contributed by atoms with E-state index in [9.17, 15) is 14.7 Å². The molecule has 1 fully saturated rings. The van der Waals surface area contributed by atoms with Crippen LogP contribution >= 0.6 is 0 Å². The molecule has 0 aromatic heterocycles. The van der Waals surface area contributed by atoms with Gasteiger partial charge in [0.1, 0.15) is 6.61 Å². The predicted molar refractivity (Wildman–Crippen MR) is 64.1 cm³/mol. The number of rotatable bonds is 5. The number of amides is 1. The van der Waals surface area contributed by atoms with Crippen molar-refractivity contribution in [2.24, 2.45) is 5.92 Å². The second kappa shape index (κ2) is 7.00. The topological polar surface area (TPSA) is 87.1 Å². The van der Waals surface area contributed by atoms with E-state index in [0.29, 0.717) is 19.4 Å². The molecular weight excluding hydrogens is 238 g/mol. The zero-order valence-electron chi connectivity index (χ0n) is 10.2. The van der Waals surface area contributed by atoms with E-state index < -0.39 is 18.2 Å². The molecule has 1 heterocycles. The van der Waals surface area contributed by atoms with Crippen LogP contribution in [0.15, 0.2) is 12.7 Å². The molecule has 1 aliphatic rings. The van der Waals surface area contributed by atoms with Crippen LogP contribution < -0.4 is 0 Å². The number of aliphatic carboxylic acids is 1. The summed E-state index contributed by atoms with van der Waals surface area (Å²) in [6.45, 7) is 4.27. The van der Waals surface area contributed by atoms with Crippen LogP contribution in [-0.2, 0) is 9.53 Å². The van der Waals surface area contributed by atoms with Gasteiger partial charge in [-0.15, -0.1) is 0 Å². The molecule has 1 amide bonds. The van der Waals surface area contributed by atoms with Gasteiger partial charge in [0.15, 0.2) is 0 Å². The van der Waals surface area contributed by atoms with Crippen LogP contribution in [0.5, 0.6) is 0 Å². The Morgan fingerprint density at radius 2 is 2.22 bits per heavy atom.